The maximum absolute atomic E-state index is 11.8. The molecule has 0 radical (unpaired) electrons. The molecule has 0 amide bonds. The number of nitrogens with two attached hydrogens (primary N) is 1. The van der Waals surface area contributed by atoms with Crippen LogP contribution in [0.5, 0.6) is 0 Å². The fraction of sp³-hybridized carbons (Fsp3) is 0.786. The number of esters is 1. The fourth-order valence-corrected chi connectivity index (χ4v) is 2.39. The van der Waals surface area contributed by atoms with Gasteiger partial charge in [0.25, 0.3) is 0 Å². The minimum absolute atomic E-state index is 0.0107. The molecule has 5 nitrogen and oxygen atoms in total. The largest absolute Gasteiger partial charge is 0.462 e. The van der Waals surface area contributed by atoms with Gasteiger partial charge in [0.2, 0.25) is 0 Å². The van der Waals surface area contributed by atoms with Crippen molar-refractivity contribution in [2.24, 2.45) is 16.8 Å². The van der Waals surface area contributed by atoms with Crippen LogP contribution >= 0.6 is 12.2 Å². The topological polar surface area (TPSA) is 76.7 Å². The van der Waals surface area contributed by atoms with Gasteiger partial charge in [-0.15, -0.1) is 0 Å². The SMILES string of the molecule is CCCCC[C@H]1C[C@@H](CC/C(C)=N/NC(N)=S)C(=O)O1. The van der Waals surface area contributed by atoms with Crippen molar-refractivity contribution in [3.05, 3.63) is 0 Å². The van der Waals surface area contributed by atoms with Crippen molar-refractivity contribution in [2.45, 2.75) is 64.9 Å². The van der Waals surface area contributed by atoms with E-state index < -0.39 is 0 Å². The van der Waals surface area contributed by atoms with E-state index in [1.54, 1.807) is 0 Å². The second-order valence-electron chi connectivity index (χ2n) is 5.35. The van der Waals surface area contributed by atoms with Crippen molar-refractivity contribution < 1.29 is 9.53 Å². The Labute approximate surface area is 126 Å². The van der Waals surface area contributed by atoms with Crippen LogP contribution in [0.2, 0.25) is 0 Å². The summed E-state index contributed by atoms with van der Waals surface area (Å²) in [7, 11) is 0. The Bertz CT molecular complexity index is 371. The van der Waals surface area contributed by atoms with Gasteiger partial charge in [0.15, 0.2) is 5.11 Å². The molecule has 0 unspecified atom stereocenters. The third-order valence-corrected chi connectivity index (χ3v) is 3.60. The van der Waals surface area contributed by atoms with Gasteiger partial charge >= 0.3 is 5.97 Å². The number of nitrogens with zero attached hydrogens (tertiary/aromatic N) is 1. The van der Waals surface area contributed by atoms with Crippen molar-refractivity contribution >= 4 is 29.0 Å². The zero-order valence-corrected chi connectivity index (χ0v) is 13.2. The summed E-state index contributed by atoms with van der Waals surface area (Å²) in [6.45, 7) is 4.07. The molecule has 0 spiro atoms. The van der Waals surface area contributed by atoms with Gasteiger partial charge in [-0.05, 0) is 51.2 Å². The molecule has 6 heteroatoms. The number of carbonyl (C=O) groups is 1. The maximum Gasteiger partial charge on any atom is 0.309 e. The zero-order valence-electron chi connectivity index (χ0n) is 12.4. The van der Waals surface area contributed by atoms with Crippen LogP contribution in [0.25, 0.3) is 0 Å². The average molecular weight is 299 g/mol. The summed E-state index contributed by atoms with van der Waals surface area (Å²) in [5, 5.41) is 4.19. The van der Waals surface area contributed by atoms with E-state index in [1.807, 2.05) is 6.92 Å². The minimum Gasteiger partial charge on any atom is -0.462 e. The summed E-state index contributed by atoms with van der Waals surface area (Å²) >= 11 is 4.68. The number of cyclic esters (lactones) is 1. The van der Waals surface area contributed by atoms with Crippen LogP contribution in [0.4, 0.5) is 0 Å². The molecule has 1 aliphatic heterocycles. The van der Waals surface area contributed by atoms with Crippen molar-refractivity contribution in [3.8, 4) is 0 Å². The van der Waals surface area contributed by atoms with Gasteiger partial charge in [-0.2, -0.15) is 5.10 Å². The molecule has 20 heavy (non-hydrogen) atoms. The lowest BCUT2D eigenvalue weighted by Crippen LogP contribution is -2.25. The van der Waals surface area contributed by atoms with Crippen LogP contribution in [0.15, 0.2) is 5.10 Å². The van der Waals surface area contributed by atoms with Gasteiger partial charge in [0, 0.05) is 5.71 Å². The first-order valence-electron chi connectivity index (χ1n) is 7.32. The van der Waals surface area contributed by atoms with Gasteiger partial charge in [-0.1, -0.05) is 19.8 Å². The van der Waals surface area contributed by atoms with E-state index in [4.69, 9.17) is 10.5 Å². The summed E-state index contributed by atoms with van der Waals surface area (Å²) < 4.78 is 5.42. The number of hydrazone groups is 1. The molecule has 1 rings (SSSR count). The number of carbonyl (C=O) groups excluding carboxylic acids is 1. The van der Waals surface area contributed by atoms with Gasteiger partial charge in [0.05, 0.1) is 5.92 Å². The highest BCUT2D eigenvalue weighted by molar-refractivity contribution is 7.80. The van der Waals surface area contributed by atoms with E-state index in [-0.39, 0.29) is 23.1 Å². The molecular formula is C14H25N3O2S. The molecule has 1 fully saturated rings. The number of nitrogens with one attached hydrogen (secondary N) is 1. The van der Waals surface area contributed by atoms with E-state index in [0.717, 1.165) is 37.8 Å². The van der Waals surface area contributed by atoms with E-state index in [9.17, 15) is 4.79 Å². The Kier molecular flexibility index (Phi) is 7.51. The number of hydrogen-bond donors (Lipinski definition) is 2. The third kappa shape index (κ3) is 6.32. The van der Waals surface area contributed by atoms with Crippen LogP contribution in [-0.4, -0.2) is 22.9 Å². The van der Waals surface area contributed by atoms with Gasteiger partial charge in [-0.25, -0.2) is 0 Å². The molecule has 0 aromatic heterocycles. The molecule has 0 aliphatic carbocycles. The number of thiocarbonyl (C=S) groups is 1. The summed E-state index contributed by atoms with van der Waals surface area (Å²) in [4.78, 5) is 11.8. The van der Waals surface area contributed by atoms with Crippen LogP contribution in [0.1, 0.15) is 58.8 Å². The van der Waals surface area contributed by atoms with Crippen molar-refractivity contribution in [1.82, 2.24) is 5.43 Å². The predicted octanol–water partition coefficient (Wildman–Crippen LogP) is 2.49. The summed E-state index contributed by atoms with van der Waals surface area (Å²) in [6, 6.07) is 0. The molecule has 0 bridgehead atoms. The van der Waals surface area contributed by atoms with Gasteiger partial charge in [0.1, 0.15) is 6.10 Å². The van der Waals surface area contributed by atoms with Crippen molar-refractivity contribution in [1.29, 1.82) is 0 Å². The number of rotatable bonds is 8. The third-order valence-electron chi connectivity index (χ3n) is 3.50. The molecular weight excluding hydrogens is 274 g/mol. The summed E-state index contributed by atoms with van der Waals surface area (Å²) in [5.74, 6) is -0.0433. The molecule has 0 saturated carbocycles. The molecule has 0 aromatic rings. The van der Waals surface area contributed by atoms with Crippen LogP contribution in [-0.2, 0) is 9.53 Å². The minimum atomic E-state index is -0.0541. The highest BCUT2D eigenvalue weighted by Gasteiger charge is 2.33. The zero-order chi connectivity index (χ0) is 15.0. The lowest BCUT2D eigenvalue weighted by molar-refractivity contribution is -0.144. The Morgan fingerprint density at radius 3 is 2.90 bits per heavy atom. The highest BCUT2D eigenvalue weighted by Crippen LogP contribution is 2.28. The quantitative estimate of drug-likeness (QED) is 0.237. The fourth-order valence-electron chi connectivity index (χ4n) is 2.35. The molecule has 2 atom stereocenters. The van der Waals surface area contributed by atoms with E-state index in [2.05, 4.69) is 29.7 Å². The second-order valence-corrected chi connectivity index (χ2v) is 5.79. The Morgan fingerprint density at radius 1 is 1.50 bits per heavy atom. The van der Waals surface area contributed by atoms with Crippen molar-refractivity contribution in [3.63, 3.8) is 0 Å². The molecule has 114 valence electrons. The predicted molar refractivity (Wildman–Crippen MR) is 84.4 cm³/mol. The lowest BCUT2D eigenvalue weighted by atomic mass is 9.96. The lowest BCUT2D eigenvalue weighted by Gasteiger charge is -2.07. The number of unbranched alkanes of at least 4 members (excludes halogenated alkanes) is 2. The first kappa shape index (κ1) is 16.9. The highest BCUT2D eigenvalue weighted by atomic mass is 32.1. The normalized spacial score (nSPS) is 22.7. The molecule has 1 saturated heterocycles. The van der Waals surface area contributed by atoms with Crippen LogP contribution < -0.4 is 11.2 Å². The van der Waals surface area contributed by atoms with E-state index >= 15 is 0 Å². The second kappa shape index (κ2) is 8.89. The summed E-state index contributed by atoms with van der Waals surface area (Å²) in [5.41, 5.74) is 8.74. The number of ether oxygens (including phenoxy) is 1. The monoisotopic (exact) mass is 299 g/mol. The van der Waals surface area contributed by atoms with Gasteiger partial charge in [-0.3, -0.25) is 10.2 Å². The Morgan fingerprint density at radius 2 is 2.25 bits per heavy atom. The molecule has 1 aliphatic rings. The smallest absolute Gasteiger partial charge is 0.309 e. The first-order valence-corrected chi connectivity index (χ1v) is 7.72. The molecule has 1 heterocycles. The summed E-state index contributed by atoms with van der Waals surface area (Å²) in [6.07, 6.45) is 7.01. The van der Waals surface area contributed by atoms with Crippen LogP contribution in [0.3, 0.4) is 0 Å². The van der Waals surface area contributed by atoms with Crippen molar-refractivity contribution in [2.75, 3.05) is 0 Å². The van der Waals surface area contributed by atoms with Gasteiger partial charge < -0.3 is 10.5 Å². The maximum atomic E-state index is 11.8. The van der Waals surface area contributed by atoms with Crippen LogP contribution in [0, 0.1) is 5.92 Å². The molecule has 0 aromatic carbocycles. The average Bonchev–Trinajstić information content (AvgIpc) is 2.75. The Balaban J connectivity index is 2.28. The Hall–Kier alpha value is -1.17. The first-order chi connectivity index (χ1) is 9.52. The van der Waals surface area contributed by atoms with E-state index in [0.29, 0.717) is 0 Å². The van der Waals surface area contributed by atoms with E-state index in [1.165, 1.54) is 12.8 Å². The molecule has 3 N–H and O–H groups in total. The standard InChI is InChI=1S/C14H25N3O2S/c1-3-4-5-6-12-9-11(13(18)19-12)8-7-10(2)16-17-14(15)20/h11-12H,3-9H2,1-2H3,(H3,15,17,20)/b16-10+/t11-,12+/m1/s1. The number of hydrogen-bond acceptors (Lipinski definition) is 4.